The van der Waals surface area contributed by atoms with Crippen LogP contribution in [0, 0.1) is 12.8 Å². The van der Waals surface area contributed by atoms with E-state index in [4.69, 9.17) is 4.74 Å². The molecule has 19 heavy (non-hydrogen) atoms. The molecule has 1 rings (SSSR count). The Balaban J connectivity index is 2.60. The van der Waals surface area contributed by atoms with Crippen molar-refractivity contribution in [1.29, 1.82) is 0 Å². The van der Waals surface area contributed by atoms with E-state index in [2.05, 4.69) is 0 Å². The zero-order chi connectivity index (χ0) is 14.5. The van der Waals surface area contributed by atoms with Gasteiger partial charge in [-0.25, -0.2) is 0 Å². The molecule has 0 saturated heterocycles. The summed E-state index contributed by atoms with van der Waals surface area (Å²) in [5.74, 6) is -0.337. The Morgan fingerprint density at radius 1 is 1.32 bits per heavy atom. The normalized spacial score (nSPS) is 13.1. The van der Waals surface area contributed by atoms with E-state index in [-0.39, 0.29) is 24.9 Å². The third-order valence-corrected chi connectivity index (χ3v) is 2.90. The van der Waals surface area contributed by atoms with E-state index >= 15 is 0 Å². The minimum absolute atomic E-state index is 0.00637. The number of carbonyl (C=O) groups is 1. The molecule has 0 bridgehead atoms. The predicted molar refractivity (Wildman–Crippen MR) is 75.9 cm³/mol. The molecular formula is C16H24O3. The van der Waals surface area contributed by atoms with E-state index < -0.39 is 5.60 Å². The lowest BCUT2D eigenvalue weighted by Gasteiger charge is -2.21. The Hall–Kier alpha value is -1.35. The maximum atomic E-state index is 11.8. The average molecular weight is 264 g/mol. The van der Waals surface area contributed by atoms with Crippen molar-refractivity contribution < 1.29 is 14.6 Å². The maximum Gasteiger partial charge on any atom is 0.306 e. The highest BCUT2D eigenvalue weighted by atomic mass is 16.6. The minimum atomic E-state index is -0.472. The van der Waals surface area contributed by atoms with Gasteiger partial charge in [0, 0.05) is 6.61 Å². The minimum Gasteiger partial charge on any atom is -0.460 e. The van der Waals surface area contributed by atoms with Crippen LogP contribution in [-0.4, -0.2) is 23.3 Å². The third-order valence-electron chi connectivity index (χ3n) is 2.90. The molecule has 0 unspecified atom stereocenters. The van der Waals surface area contributed by atoms with Crippen LogP contribution in [0.4, 0.5) is 0 Å². The summed E-state index contributed by atoms with van der Waals surface area (Å²) >= 11 is 0. The highest BCUT2D eigenvalue weighted by molar-refractivity contribution is 5.70. The van der Waals surface area contributed by atoms with Crippen molar-refractivity contribution in [3.8, 4) is 0 Å². The van der Waals surface area contributed by atoms with Gasteiger partial charge in [-0.2, -0.15) is 0 Å². The first kappa shape index (κ1) is 15.7. The first-order valence-electron chi connectivity index (χ1n) is 6.69. The van der Waals surface area contributed by atoms with Crippen LogP contribution < -0.4 is 0 Å². The topological polar surface area (TPSA) is 46.5 Å². The molecule has 3 nitrogen and oxygen atoms in total. The van der Waals surface area contributed by atoms with Crippen molar-refractivity contribution >= 4 is 5.97 Å². The second-order valence-corrected chi connectivity index (χ2v) is 5.97. The van der Waals surface area contributed by atoms with Gasteiger partial charge < -0.3 is 9.84 Å². The van der Waals surface area contributed by atoms with Crippen LogP contribution in [0.3, 0.4) is 0 Å². The Bertz CT molecular complexity index is 418. The zero-order valence-electron chi connectivity index (χ0n) is 12.3. The number of hydrogen-bond acceptors (Lipinski definition) is 3. The van der Waals surface area contributed by atoms with Gasteiger partial charge in [0.1, 0.15) is 5.60 Å². The smallest absolute Gasteiger partial charge is 0.306 e. The Morgan fingerprint density at radius 2 is 1.95 bits per heavy atom. The molecule has 0 radical (unpaired) electrons. The molecule has 0 heterocycles. The molecule has 0 aliphatic rings. The van der Waals surface area contributed by atoms with Crippen molar-refractivity contribution in [2.45, 2.75) is 46.1 Å². The standard InChI is InChI=1S/C16H24O3/c1-12-7-5-6-8-14(12)9-13(11-17)10-15(18)19-16(2,3)4/h5-8,13,17H,9-11H2,1-4H3/t13-/m1/s1. The van der Waals surface area contributed by atoms with Crippen molar-refractivity contribution in [2.24, 2.45) is 5.92 Å². The summed E-state index contributed by atoms with van der Waals surface area (Å²) in [5, 5.41) is 9.42. The molecule has 1 N–H and O–H groups in total. The largest absolute Gasteiger partial charge is 0.460 e. The van der Waals surface area contributed by atoms with E-state index in [1.807, 2.05) is 52.0 Å². The third kappa shape index (κ3) is 5.88. The number of aryl methyl sites for hydroxylation is 1. The van der Waals surface area contributed by atoms with Gasteiger partial charge in [-0.05, 0) is 51.2 Å². The number of ether oxygens (including phenoxy) is 1. The Morgan fingerprint density at radius 3 is 2.47 bits per heavy atom. The number of benzene rings is 1. The van der Waals surface area contributed by atoms with E-state index in [9.17, 15) is 9.90 Å². The molecule has 1 aromatic carbocycles. The van der Waals surface area contributed by atoms with Gasteiger partial charge in [-0.3, -0.25) is 4.79 Å². The molecular weight excluding hydrogens is 240 g/mol. The molecule has 3 heteroatoms. The van der Waals surface area contributed by atoms with Gasteiger partial charge in [0.15, 0.2) is 0 Å². The SMILES string of the molecule is Cc1ccccc1C[C@@H](CO)CC(=O)OC(C)(C)C. The summed E-state index contributed by atoms with van der Waals surface area (Å²) in [5.41, 5.74) is 1.88. The first-order chi connectivity index (χ1) is 8.81. The van der Waals surface area contributed by atoms with Gasteiger partial charge in [-0.15, -0.1) is 0 Å². The lowest BCUT2D eigenvalue weighted by molar-refractivity contribution is -0.156. The van der Waals surface area contributed by atoms with Crippen LogP contribution in [0.25, 0.3) is 0 Å². The number of carbonyl (C=O) groups excluding carboxylic acids is 1. The fourth-order valence-corrected chi connectivity index (χ4v) is 1.97. The van der Waals surface area contributed by atoms with Gasteiger partial charge in [0.05, 0.1) is 6.42 Å². The number of rotatable bonds is 5. The fraction of sp³-hybridized carbons (Fsp3) is 0.562. The highest BCUT2D eigenvalue weighted by Crippen LogP contribution is 2.18. The molecule has 0 aromatic heterocycles. The van der Waals surface area contributed by atoms with Crippen LogP contribution in [0.1, 0.15) is 38.3 Å². The predicted octanol–water partition coefficient (Wildman–Crippen LogP) is 2.88. The summed E-state index contributed by atoms with van der Waals surface area (Å²) in [6, 6.07) is 8.04. The lowest BCUT2D eigenvalue weighted by atomic mass is 9.94. The molecule has 0 aliphatic heterocycles. The van der Waals surface area contributed by atoms with Crippen LogP contribution in [-0.2, 0) is 16.0 Å². The van der Waals surface area contributed by atoms with Gasteiger partial charge in [-0.1, -0.05) is 24.3 Å². The van der Waals surface area contributed by atoms with Gasteiger partial charge in [0.25, 0.3) is 0 Å². The van der Waals surface area contributed by atoms with Crippen molar-refractivity contribution in [2.75, 3.05) is 6.61 Å². The van der Waals surface area contributed by atoms with Crippen molar-refractivity contribution in [3.05, 3.63) is 35.4 Å². The quantitative estimate of drug-likeness (QED) is 0.832. The van der Waals surface area contributed by atoms with E-state index in [0.29, 0.717) is 6.42 Å². The Labute approximate surface area is 115 Å². The van der Waals surface area contributed by atoms with Crippen LogP contribution in [0.5, 0.6) is 0 Å². The summed E-state index contributed by atoms with van der Waals surface area (Å²) in [6.45, 7) is 7.57. The second kappa shape index (κ2) is 6.71. The molecule has 0 spiro atoms. The monoisotopic (exact) mass is 264 g/mol. The number of aliphatic hydroxyl groups is 1. The summed E-state index contributed by atoms with van der Waals surface area (Å²) in [6.07, 6.45) is 0.949. The van der Waals surface area contributed by atoms with Crippen LogP contribution >= 0.6 is 0 Å². The number of esters is 1. The van der Waals surface area contributed by atoms with Gasteiger partial charge >= 0.3 is 5.97 Å². The molecule has 1 atom stereocenters. The molecule has 106 valence electrons. The van der Waals surface area contributed by atoms with Crippen LogP contribution in [0.15, 0.2) is 24.3 Å². The second-order valence-electron chi connectivity index (χ2n) is 5.97. The first-order valence-corrected chi connectivity index (χ1v) is 6.69. The molecule has 0 fully saturated rings. The van der Waals surface area contributed by atoms with Gasteiger partial charge in [0.2, 0.25) is 0 Å². The number of aliphatic hydroxyl groups excluding tert-OH is 1. The summed E-state index contributed by atoms with van der Waals surface area (Å²) in [4.78, 5) is 11.8. The Kier molecular flexibility index (Phi) is 5.55. The van der Waals surface area contributed by atoms with E-state index in [1.165, 1.54) is 11.1 Å². The fourth-order valence-electron chi connectivity index (χ4n) is 1.97. The number of hydrogen-bond donors (Lipinski definition) is 1. The van der Waals surface area contributed by atoms with Crippen molar-refractivity contribution in [1.82, 2.24) is 0 Å². The summed E-state index contributed by atoms with van der Waals surface area (Å²) < 4.78 is 5.29. The van der Waals surface area contributed by atoms with Crippen LogP contribution in [0.2, 0.25) is 0 Å². The molecule has 0 aliphatic carbocycles. The zero-order valence-corrected chi connectivity index (χ0v) is 12.3. The average Bonchev–Trinajstić information content (AvgIpc) is 2.28. The molecule has 0 amide bonds. The lowest BCUT2D eigenvalue weighted by Crippen LogP contribution is -2.26. The molecule has 0 saturated carbocycles. The van der Waals surface area contributed by atoms with E-state index in [1.54, 1.807) is 0 Å². The van der Waals surface area contributed by atoms with E-state index in [0.717, 1.165) is 0 Å². The maximum absolute atomic E-state index is 11.8. The summed E-state index contributed by atoms with van der Waals surface area (Å²) in [7, 11) is 0. The highest BCUT2D eigenvalue weighted by Gasteiger charge is 2.20. The van der Waals surface area contributed by atoms with Crippen molar-refractivity contribution in [3.63, 3.8) is 0 Å². The molecule has 1 aromatic rings.